The summed E-state index contributed by atoms with van der Waals surface area (Å²) >= 11 is 0. The Bertz CT molecular complexity index is 1270. The maximum atomic E-state index is 12.8. The van der Waals surface area contributed by atoms with Crippen LogP contribution in [-0.2, 0) is 28.6 Å². The van der Waals surface area contributed by atoms with Crippen molar-refractivity contribution in [3.05, 3.63) is 72.9 Å². The van der Waals surface area contributed by atoms with Crippen molar-refractivity contribution < 1.29 is 28.6 Å². The van der Waals surface area contributed by atoms with E-state index in [4.69, 9.17) is 14.2 Å². The van der Waals surface area contributed by atoms with Crippen LogP contribution in [0.2, 0.25) is 0 Å². The molecular formula is C62H108O6. The minimum absolute atomic E-state index is 0.0826. The summed E-state index contributed by atoms with van der Waals surface area (Å²) in [5.74, 6) is -0.901. The lowest BCUT2D eigenvalue weighted by Crippen LogP contribution is -2.30. The van der Waals surface area contributed by atoms with Crippen molar-refractivity contribution in [3.63, 3.8) is 0 Å². The summed E-state index contributed by atoms with van der Waals surface area (Å²) in [6.07, 6.45) is 71.7. The Kier molecular flexibility index (Phi) is 53.8. The second kappa shape index (κ2) is 56.4. The zero-order chi connectivity index (χ0) is 49.3. The van der Waals surface area contributed by atoms with Gasteiger partial charge in [-0.05, 0) is 89.9 Å². The van der Waals surface area contributed by atoms with E-state index < -0.39 is 6.10 Å². The molecule has 0 amide bonds. The highest BCUT2D eigenvalue weighted by Crippen LogP contribution is 2.15. The topological polar surface area (TPSA) is 78.9 Å². The molecule has 6 nitrogen and oxygen atoms in total. The Balaban J connectivity index is 4.40. The molecule has 0 aromatic heterocycles. The normalized spacial score (nSPS) is 12.6. The van der Waals surface area contributed by atoms with E-state index in [0.29, 0.717) is 19.3 Å². The smallest absolute Gasteiger partial charge is 0.306 e. The largest absolute Gasteiger partial charge is 0.462 e. The number of carbonyl (C=O) groups excluding carboxylic acids is 3. The van der Waals surface area contributed by atoms with E-state index in [9.17, 15) is 14.4 Å². The van der Waals surface area contributed by atoms with E-state index in [1.807, 2.05) is 0 Å². The van der Waals surface area contributed by atoms with Crippen molar-refractivity contribution in [1.29, 1.82) is 0 Å². The van der Waals surface area contributed by atoms with Crippen LogP contribution in [0.25, 0.3) is 0 Å². The van der Waals surface area contributed by atoms with E-state index in [1.54, 1.807) is 0 Å². The molecule has 0 heterocycles. The molecule has 0 bridgehead atoms. The molecule has 0 aromatic rings. The maximum absolute atomic E-state index is 12.8. The zero-order valence-corrected chi connectivity index (χ0v) is 44.9. The van der Waals surface area contributed by atoms with Crippen LogP contribution >= 0.6 is 0 Å². The number of esters is 3. The van der Waals surface area contributed by atoms with Gasteiger partial charge >= 0.3 is 17.9 Å². The fraction of sp³-hybridized carbons (Fsp3) is 0.758. The van der Waals surface area contributed by atoms with E-state index >= 15 is 0 Å². The summed E-state index contributed by atoms with van der Waals surface area (Å²) in [5, 5.41) is 0. The van der Waals surface area contributed by atoms with Gasteiger partial charge in [-0.15, -0.1) is 0 Å². The van der Waals surface area contributed by atoms with Crippen molar-refractivity contribution in [1.82, 2.24) is 0 Å². The number of ether oxygens (including phenoxy) is 3. The van der Waals surface area contributed by atoms with Crippen molar-refractivity contribution in [2.24, 2.45) is 0 Å². The van der Waals surface area contributed by atoms with Crippen LogP contribution in [-0.4, -0.2) is 37.2 Å². The molecule has 0 aromatic carbocycles. The van der Waals surface area contributed by atoms with E-state index in [1.165, 1.54) is 122 Å². The highest BCUT2D eigenvalue weighted by atomic mass is 16.6. The lowest BCUT2D eigenvalue weighted by Gasteiger charge is -2.18. The third-order valence-corrected chi connectivity index (χ3v) is 12.4. The SMILES string of the molecule is CC/C=C\C/C=C\C/C=C\C/C=C\C/C=C\CCCCCCCC(=O)OCC(COC(=O)CCCCCCCCCCCCCCCC)OC(=O)CCCCCCC/C=C\CCCCCCCC. The molecule has 0 saturated carbocycles. The molecule has 0 saturated heterocycles. The summed E-state index contributed by atoms with van der Waals surface area (Å²) in [4.78, 5) is 38.1. The summed E-state index contributed by atoms with van der Waals surface area (Å²) in [6, 6.07) is 0. The Hall–Kier alpha value is -3.15. The monoisotopic (exact) mass is 949 g/mol. The highest BCUT2D eigenvalue weighted by Gasteiger charge is 2.19. The quantitative estimate of drug-likeness (QED) is 0.0262. The number of unbranched alkanes of at least 4 members (excludes halogenated alkanes) is 29. The fourth-order valence-corrected chi connectivity index (χ4v) is 8.11. The zero-order valence-electron chi connectivity index (χ0n) is 44.9. The van der Waals surface area contributed by atoms with Gasteiger partial charge < -0.3 is 14.2 Å². The maximum Gasteiger partial charge on any atom is 0.306 e. The average molecular weight is 950 g/mol. The van der Waals surface area contributed by atoms with Crippen molar-refractivity contribution in [2.45, 2.75) is 290 Å². The van der Waals surface area contributed by atoms with Crippen molar-refractivity contribution >= 4 is 17.9 Å². The first-order valence-electron chi connectivity index (χ1n) is 28.9. The van der Waals surface area contributed by atoms with Crippen molar-refractivity contribution in [3.8, 4) is 0 Å². The van der Waals surface area contributed by atoms with Crippen LogP contribution in [0, 0.1) is 0 Å². The van der Waals surface area contributed by atoms with Gasteiger partial charge in [-0.1, -0.05) is 248 Å². The Labute approximate surface area is 421 Å². The number of allylic oxidation sites excluding steroid dienone is 12. The van der Waals surface area contributed by atoms with Gasteiger partial charge in [0.05, 0.1) is 0 Å². The second-order valence-electron chi connectivity index (χ2n) is 19.2. The lowest BCUT2D eigenvalue weighted by atomic mass is 10.0. The molecule has 0 rings (SSSR count). The van der Waals surface area contributed by atoms with Gasteiger partial charge in [-0.3, -0.25) is 14.4 Å². The molecular weight excluding hydrogens is 841 g/mol. The summed E-state index contributed by atoms with van der Waals surface area (Å²) in [7, 11) is 0. The number of hydrogen-bond donors (Lipinski definition) is 0. The average Bonchev–Trinajstić information content (AvgIpc) is 3.34. The van der Waals surface area contributed by atoms with Gasteiger partial charge in [0.1, 0.15) is 13.2 Å². The molecule has 0 aliphatic carbocycles. The van der Waals surface area contributed by atoms with Crippen LogP contribution in [0.15, 0.2) is 72.9 Å². The van der Waals surface area contributed by atoms with Crippen LogP contribution in [0.3, 0.4) is 0 Å². The molecule has 0 aliphatic rings. The minimum Gasteiger partial charge on any atom is -0.462 e. The predicted molar refractivity (Wildman–Crippen MR) is 293 cm³/mol. The number of rotatable bonds is 52. The van der Waals surface area contributed by atoms with E-state index in [0.717, 1.165) is 122 Å². The van der Waals surface area contributed by atoms with Gasteiger partial charge in [0.15, 0.2) is 6.10 Å². The number of hydrogen-bond acceptors (Lipinski definition) is 6. The molecule has 0 fully saturated rings. The van der Waals surface area contributed by atoms with Crippen LogP contribution in [0.5, 0.6) is 0 Å². The van der Waals surface area contributed by atoms with Gasteiger partial charge in [-0.25, -0.2) is 0 Å². The third kappa shape index (κ3) is 53.8. The molecule has 68 heavy (non-hydrogen) atoms. The summed E-state index contributed by atoms with van der Waals surface area (Å²) in [5.41, 5.74) is 0. The molecule has 392 valence electrons. The van der Waals surface area contributed by atoms with Gasteiger partial charge in [0.2, 0.25) is 0 Å². The Morgan fingerprint density at radius 3 is 0.912 bits per heavy atom. The van der Waals surface area contributed by atoms with Gasteiger partial charge in [0, 0.05) is 19.3 Å². The first-order valence-corrected chi connectivity index (χ1v) is 28.9. The first-order chi connectivity index (χ1) is 33.5. The molecule has 0 radical (unpaired) electrons. The summed E-state index contributed by atoms with van der Waals surface area (Å²) < 4.78 is 16.9. The molecule has 0 spiro atoms. The lowest BCUT2D eigenvalue weighted by molar-refractivity contribution is -0.167. The third-order valence-electron chi connectivity index (χ3n) is 12.4. The fourth-order valence-electron chi connectivity index (χ4n) is 8.11. The Morgan fingerprint density at radius 2 is 0.574 bits per heavy atom. The van der Waals surface area contributed by atoms with E-state index in [2.05, 4.69) is 93.7 Å². The standard InChI is InChI=1S/C62H108O6/c1-4-7-10-13-16-19-22-25-28-29-30-31-32-33-35-37-40-43-46-49-52-55-61(64)67-58-59(57-66-60(63)54-51-48-45-42-39-36-27-24-21-18-15-12-9-6-3)68-62(65)56-53-50-47-44-41-38-34-26-23-20-17-14-11-8-5-2/h7,10,16,19,25-26,28,30-31,33-35,59H,4-6,8-9,11-15,17-18,20-24,27,29,32,36-58H2,1-3H3/b10-7-,19-16-,28-25-,31-30-,34-26-,35-33-. The van der Waals surface area contributed by atoms with Crippen LogP contribution < -0.4 is 0 Å². The molecule has 6 heteroatoms. The van der Waals surface area contributed by atoms with E-state index in [-0.39, 0.29) is 31.1 Å². The molecule has 1 atom stereocenters. The summed E-state index contributed by atoms with van der Waals surface area (Å²) in [6.45, 7) is 6.52. The number of carbonyl (C=O) groups is 3. The molecule has 0 aliphatic heterocycles. The first kappa shape index (κ1) is 64.8. The Morgan fingerprint density at radius 1 is 0.309 bits per heavy atom. The van der Waals surface area contributed by atoms with Crippen molar-refractivity contribution in [2.75, 3.05) is 13.2 Å². The minimum atomic E-state index is -0.786. The molecule has 1 unspecified atom stereocenters. The highest BCUT2D eigenvalue weighted by molar-refractivity contribution is 5.71. The predicted octanol–water partition coefficient (Wildman–Crippen LogP) is 19.4. The molecule has 0 N–H and O–H groups in total. The van der Waals surface area contributed by atoms with Gasteiger partial charge in [-0.2, -0.15) is 0 Å². The van der Waals surface area contributed by atoms with Gasteiger partial charge in [0.25, 0.3) is 0 Å². The van der Waals surface area contributed by atoms with Crippen LogP contribution in [0.4, 0.5) is 0 Å². The van der Waals surface area contributed by atoms with Crippen LogP contribution in [0.1, 0.15) is 284 Å². The second-order valence-corrected chi connectivity index (χ2v) is 19.2.